The summed E-state index contributed by atoms with van der Waals surface area (Å²) in [7, 11) is 0. The van der Waals surface area contributed by atoms with Crippen molar-refractivity contribution in [2.24, 2.45) is 0 Å². The third-order valence-electron chi connectivity index (χ3n) is 8.37. The van der Waals surface area contributed by atoms with Gasteiger partial charge in [-0.1, -0.05) is 42.8 Å². The number of amides is 3. The van der Waals surface area contributed by atoms with E-state index in [4.69, 9.17) is 9.47 Å². The summed E-state index contributed by atoms with van der Waals surface area (Å²) < 4.78 is 10.7. The first kappa shape index (κ1) is 33.4. The molecule has 2 aliphatic heterocycles. The second-order valence-corrected chi connectivity index (χ2v) is 11.9. The van der Waals surface area contributed by atoms with Gasteiger partial charge in [-0.15, -0.1) is 0 Å². The Hall–Kier alpha value is -3.45. The lowest BCUT2D eigenvalue weighted by Gasteiger charge is -2.29. The first-order chi connectivity index (χ1) is 21.0. The lowest BCUT2D eigenvalue weighted by molar-refractivity contribution is -0.136. The van der Waals surface area contributed by atoms with Gasteiger partial charge in [-0.25, -0.2) is 0 Å². The summed E-state index contributed by atoms with van der Waals surface area (Å²) in [6, 6.07) is 2.72. The number of nitrogens with one attached hydrogen (secondary N) is 3. The van der Waals surface area contributed by atoms with E-state index >= 15 is 0 Å². The van der Waals surface area contributed by atoms with E-state index in [1.165, 1.54) is 19.1 Å². The molecular weight excluding hydrogens is 568 g/mol. The largest absolute Gasteiger partial charge is 0.386 e. The molecule has 12 nitrogen and oxygen atoms in total. The SMILES string of the molecule is CCC(=O)c1ccc([C@@H](O)[C@H](NC(=O)[C@H](C)NC(=O)CN2CCOCC2)C(=O)N[C@@H](CC2=CCCC2)C(=O)[C@@]2(C)CO2)cc1. The van der Waals surface area contributed by atoms with Crippen molar-refractivity contribution in [3.8, 4) is 0 Å². The molecule has 3 amide bonds. The number of epoxide rings is 1. The van der Waals surface area contributed by atoms with Crippen LogP contribution >= 0.6 is 0 Å². The number of aliphatic hydroxyl groups excluding tert-OH is 1. The second-order valence-electron chi connectivity index (χ2n) is 11.9. The van der Waals surface area contributed by atoms with Crippen LogP contribution in [0.4, 0.5) is 0 Å². The fourth-order valence-corrected chi connectivity index (χ4v) is 5.42. The Kier molecular flexibility index (Phi) is 11.4. The van der Waals surface area contributed by atoms with Crippen molar-refractivity contribution in [3.63, 3.8) is 0 Å². The van der Waals surface area contributed by atoms with Crippen molar-refractivity contribution in [2.45, 2.75) is 82.7 Å². The van der Waals surface area contributed by atoms with Gasteiger partial charge in [0.1, 0.15) is 23.8 Å². The Morgan fingerprint density at radius 2 is 1.70 bits per heavy atom. The molecule has 0 unspecified atom stereocenters. The van der Waals surface area contributed by atoms with Crippen LogP contribution in [0, 0.1) is 0 Å². The number of nitrogens with zero attached hydrogens (tertiary/aromatic N) is 1. The number of ketones is 2. The highest BCUT2D eigenvalue weighted by Crippen LogP contribution is 2.31. The van der Waals surface area contributed by atoms with Crippen LogP contribution < -0.4 is 16.0 Å². The van der Waals surface area contributed by atoms with Gasteiger partial charge in [-0.2, -0.15) is 0 Å². The smallest absolute Gasteiger partial charge is 0.246 e. The minimum absolute atomic E-state index is 0.0753. The van der Waals surface area contributed by atoms with Crippen LogP contribution in [0.1, 0.15) is 74.9 Å². The van der Waals surface area contributed by atoms with E-state index in [-0.39, 0.29) is 30.6 Å². The van der Waals surface area contributed by atoms with Crippen LogP contribution in [0.25, 0.3) is 0 Å². The summed E-state index contributed by atoms with van der Waals surface area (Å²) >= 11 is 0. The number of hydrogen-bond donors (Lipinski definition) is 4. The number of hydrogen-bond acceptors (Lipinski definition) is 9. The van der Waals surface area contributed by atoms with Gasteiger partial charge >= 0.3 is 0 Å². The van der Waals surface area contributed by atoms with Gasteiger partial charge in [0.2, 0.25) is 17.7 Å². The Morgan fingerprint density at radius 3 is 2.30 bits per heavy atom. The summed E-state index contributed by atoms with van der Waals surface area (Å²) in [5.41, 5.74) is 0.816. The van der Waals surface area contributed by atoms with Crippen LogP contribution in [0.3, 0.4) is 0 Å². The highest BCUT2D eigenvalue weighted by Gasteiger charge is 2.50. The fraction of sp³-hybridized carbons (Fsp3) is 0.594. The quantitative estimate of drug-likeness (QED) is 0.128. The molecule has 1 aromatic rings. The fourth-order valence-electron chi connectivity index (χ4n) is 5.42. The zero-order chi connectivity index (χ0) is 31.9. The lowest BCUT2D eigenvalue weighted by atomic mass is 9.93. The van der Waals surface area contributed by atoms with Gasteiger partial charge in [0, 0.05) is 25.1 Å². The predicted octanol–water partition coefficient (Wildman–Crippen LogP) is 0.978. The number of aliphatic hydroxyl groups is 1. The Morgan fingerprint density at radius 1 is 1.02 bits per heavy atom. The molecule has 3 aliphatic rings. The van der Waals surface area contributed by atoms with Crippen molar-refractivity contribution in [1.82, 2.24) is 20.9 Å². The maximum Gasteiger partial charge on any atom is 0.246 e. The van der Waals surface area contributed by atoms with Crippen LogP contribution in [-0.2, 0) is 28.7 Å². The van der Waals surface area contributed by atoms with Gasteiger partial charge in [0.15, 0.2) is 11.6 Å². The first-order valence-electron chi connectivity index (χ1n) is 15.4. The minimum atomic E-state index is -1.52. The van der Waals surface area contributed by atoms with Crippen LogP contribution in [0.5, 0.6) is 0 Å². The summed E-state index contributed by atoms with van der Waals surface area (Å²) in [5.74, 6) is -2.15. The van der Waals surface area contributed by atoms with Gasteiger partial charge < -0.3 is 30.5 Å². The molecule has 2 saturated heterocycles. The van der Waals surface area contributed by atoms with E-state index in [2.05, 4.69) is 22.0 Å². The standard InChI is InChI=1S/C32H44N4O8/c1-4-25(37)22-9-11-23(12-10-22)28(39)27(35-30(41)20(2)33-26(38)18-36-13-15-43-16-14-36)31(42)34-24(17-21-7-5-6-8-21)29(40)32(3)19-44-32/h7,9-12,20,24,27-28,39H,4-6,8,13-19H2,1-3H3,(H,33,38)(H,34,42)(H,35,41)/t20-,24-,27-,28+,32+/m0/s1. The number of rotatable bonds is 15. The van der Waals surface area contributed by atoms with E-state index in [1.807, 2.05) is 4.90 Å². The molecule has 0 radical (unpaired) electrons. The summed E-state index contributed by atoms with van der Waals surface area (Å²) in [4.78, 5) is 67.1. The number of benzene rings is 1. The molecule has 240 valence electrons. The van der Waals surface area contributed by atoms with E-state index in [0.29, 0.717) is 50.3 Å². The van der Waals surface area contributed by atoms with Gasteiger partial charge in [0.05, 0.1) is 32.4 Å². The van der Waals surface area contributed by atoms with E-state index in [0.717, 1.165) is 24.8 Å². The zero-order valence-electron chi connectivity index (χ0n) is 25.7. The summed E-state index contributed by atoms with van der Waals surface area (Å²) in [5, 5.41) is 19.4. The molecule has 4 rings (SSSR count). The minimum Gasteiger partial charge on any atom is -0.386 e. The average Bonchev–Trinajstić information content (AvgIpc) is 3.56. The Labute approximate surface area is 257 Å². The molecule has 1 aromatic carbocycles. The molecule has 0 spiro atoms. The molecule has 5 atom stereocenters. The maximum atomic E-state index is 13.8. The van der Waals surface area contributed by atoms with Gasteiger partial charge in [-0.3, -0.25) is 28.9 Å². The lowest BCUT2D eigenvalue weighted by Crippen LogP contribution is -2.58. The molecule has 12 heteroatoms. The summed E-state index contributed by atoms with van der Waals surface area (Å²) in [6.45, 7) is 7.51. The molecule has 44 heavy (non-hydrogen) atoms. The highest BCUT2D eigenvalue weighted by molar-refractivity contribution is 5.99. The highest BCUT2D eigenvalue weighted by atomic mass is 16.6. The van der Waals surface area contributed by atoms with Crippen molar-refractivity contribution in [3.05, 3.63) is 47.0 Å². The maximum absolute atomic E-state index is 13.8. The normalized spacial score (nSPS) is 22.6. The van der Waals surface area contributed by atoms with Crippen molar-refractivity contribution < 1.29 is 38.6 Å². The molecule has 0 aromatic heterocycles. The van der Waals surface area contributed by atoms with Gasteiger partial charge in [-0.05, 0) is 45.1 Å². The predicted molar refractivity (Wildman–Crippen MR) is 161 cm³/mol. The molecule has 4 N–H and O–H groups in total. The number of carbonyl (C=O) groups is 5. The van der Waals surface area contributed by atoms with Crippen LogP contribution in [0.15, 0.2) is 35.9 Å². The van der Waals surface area contributed by atoms with Crippen molar-refractivity contribution >= 4 is 29.3 Å². The zero-order valence-corrected chi connectivity index (χ0v) is 25.7. The molecular formula is C32H44N4O8. The van der Waals surface area contributed by atoms with Crippen LogP contribution in [-0.4, -0.2) is 102 Å². The van der Waals surface area contributed by atoms with E-state index in [1.54, 1.807) is 26.0 Å². The number of ether oxygens (including phenoxy) is 2. The molecule has 0 bridgehead atoms. The first-order valence-corrected chi connectivity index (χ1v) is 15.4. The monoisotopic (exact) mass is 612 g/mol. The van der Waals surface area contributed by atoms with Gasteiger partial charge in [0.25, 0.3) is 0 Å². The Bertz CT molecular complexity index is 1250. The van der Waals surface area contributed by atoms with E-state index < -0.39 is 41.6 Å². The van der Waals surface area contributed by atoms with Crippen molar-refractivity contribution in [2.75, 3.05) is 39.5 Å². The number of Topliss-reactive ketones (excluding diaryl/α,β-unsaturated/α-hetero) is 2. The average molecular weight is 613 g/mol. The Balaban J connectivity index is 1.51. The second kappa shape index (κ2) is 15.0. The topological polar surface area (TPSA) is 167 Å². The van der Waals surface area contributed by atoms with Crippen molar-refractivity contribution in [1.29, 1.82) is 0 Å². The number of morpholine rings is 1. The molecule has 0 saturated carbocycles. The number of allylic oxidation sites excluding steroid dienone is 1. The number of carbonyl (C=O) groups excluding carboxylic acids is 5. The molecule has 1 aliphatic carbocycles. The van der Waals surface area contributed by atoms with E-state index in [9.17, 15) is 29.1 Å². The van der Waals surface area contributed by atoms with Crippen LogP contribution in [0.2, 0.25) is 0 Å². The third kappa shape index (κ3) is 8.81. The molecule has 2 fully saturated rings. The third-order valence-corrected chi connectivity index (χ3v) is 8.37. The molecule has 2 heterocycles. The summed E-state index contributed by atoms with van der Waals surface area (Å²) in [6.07, 6.45) is 3.87.